The van der Waals surface area contributed by atoms with Crippen LogP contribution in [-0.4, -0.2) is 5.11 Å². The molecule has 100 valence electrons. The van der Waals surface area contributed by atoms with Crippen LogP contribution in [0.1, 0.15) is 24.1 Å². The molecule has 0 fully saturated rings. The molecular weight excluding hydrogens is 309 g/mol. The Labute approximate surface area is 120 Å². The molecule has 0 saturated carbocycles. The van der Waals surface area contributed by atoms with Crippen LogP contribution in [0.25, 0.3) is 0 Å². The van der Waals surface area contributed by atoms with Gasteiger partial charge in [0, 0.05) is 12.6 Å². The summed E-state index contributed by atoms with van der Waals surface area (Å²) in [5.41, 5.74) is 1.96. The molecule has 0 aromatic heterocycles. The number of benzene rings is 2. The van der Waals surface area contributed by atoms with Crippen molar-refractivity contribution in [3.63, 3.8) is 0 Å². The van der Waals surface area contributed by atoms with Crippen LogP contribution < -0.4 is 5.32 Å². The molecule has 19 heavy (non-hydrogen) atoms. The van der Waals surface area contributed by atoms with Crippen molar-refractivity contribution in [3.05, 3.63) is 63.9 Å². The highest BCUT2D eigenvalue weighted by Gasteiger charge is 2.06. The summed E-state index contributed by atoms with van der Waals surface area (Å²) in [6.07, 6.45) is 0. The predicted molar refractivity (Wildman–Crippen MR) is 77.5 cm³/mol. The van der Waals surface area contributed by atoms with Crippen molar-refractivity contribution in [2.75, 3.05) is 0 Å². The molecule has 0 amide bonds. The molecule has 2 rings (SSSR count). The maximum Gasteiger partial charge on any atom is 0.129 e. The summed E-state index contributed by atoms with van der Waals surface area (Å²) in [6.45, 7) is 2.64. The lowest BCUT2D eigenvalue weighted by Gasteiger charge is -2.14. The van der Waals surface area contributed by atoms with Crippen LogP contribution in [0.15, 0.2) is 46.9 Å². The minimum Gasteiger partial charge on any atom is -0.507 e. The van der Waals surface area contributed by atoms with Crippen LogP contribution in [0.2, 0.25) is 0 Å². The van der Waals surface area contributed by atoms with Crippen molar-refractivity contribution in [1.82, 2.24) is 5.32 Å². The van der Waals surface area contributed by atoms with E-state index in [-0.39, 0.29) is 17.6 Å². The third kappa shape index (κ3) is 3.78. The Hall–Kier alpha value is -1.39. The summed E-state index contributed by atoms with van der Waals surface area (Å²) in [4.78, 5) is 0. The van der Waals surface area contributed by atoms with Gasteiger partial charge in [-0.15, -0.1) is 0 Å². The Balaban J connectivity index is 2.00. The first-order valence-corrected chi connectivity index (χ1v) is 6.82. The molecule has 0 aliphatic rings. The second-order valence-electron chi connectivity index (χ2n) is 4.44. The molecule has 0 saturated heterocycles. The van der Waals surface area contributed by atoms with Crippen LogP contribution in [0.3, 0.4) is 0 Å². The van der Waals surface area contributed by atoms with Gasteiger partial charge < -0.3 is 10.4 Å². The number of nitrogens with one attached hydrogen (secondary N) is 1. The molecule has 2 aromatic rings. The number of aromatic hydroxyl groups is 1. The number of hydrogen-bond donors (Lipinski definition) is 2. The Morgan fingerprint density at radius 3 is 2.74 bits per heavy atom. The molecule has 1 atom stereocenters. The van der Waals surface area contributed by atoms with Gasteiger partial charge in [0.1, 0.15) is 11.6 Å². The Bertz CT molecular complexity index is 574. The van der Waals surface area contributed by atoms with Gasteiger partial charge in [-0.1, -0.05) is 18.2 Å². The van der Waals surface area contributed by atoms with Gasteiger partial charge in [0.2, 0.25) is 0 Å². The zero-order valence-electron chi connectivity index (χ0n) is 10.5. The molecule has 0 aliphatic heterocycles. The topological polar surface area (TPSA) is 32.3 Å². The third-order valence-corrected chi connectivity index (χ3v) is 3.61. The van der Waals surface area contributed by atoms with Gasteiger partial charge in [-0.3, -0.25) is 0 Å². The van der Waals surface area contributed by atoms with Gasteiger partial charge in [0.05, 0.1) is 4.47 Å². The number of phenols is 1. The summed E-state index contributed by atoms with van der Waals surface area (Å²) >= 11 is 3.28. The van der Waals surface area contributed by atoms with Crippen LogP contribution in [-0.2, 0) is 6.54 Å². The highest BCUT2D eigenvalue weighted by atomic mass is 79.9. The normalized spacial score (nSPS) is 12.4. The largest absolute Gasteiger partial charge is 0.507 e. The Morgan fingerprint density at radius 1 is 1.26 bits per heavy atom. The third-order valence-electron chi connectivity index (χ3n) is 2.97. The number of phenolic OH excluding ortho intramolecular Hbond substituents is 1. The smallest absolute Gasteiger partial charge is 0.129 e. The van der Waals surface area contributed by atoms with Crippen LogP contribution in [0, 0.1) is 5.82 Å². The molecule has 4 heteroatoms. The van der Waals surface area contributed by atoms with Gasteiger partial charge in [0.15, 0.2) is 0 Å². The fraction of sp³-hybridized carbons (Fsp3) is 0.200. The fourth-order valence-electron chi connectivity index (χ4n) is 1.83. The molecular formula is C15H15BrFNO. The highest BCUT2D eigenvalue weighted by Crippen LogP contribution is 2.24. The number of halogens is 2. The van der Waals surface area contributed by atoms with Gasteiger partial charge >= 0.3 is 0 Å². The fourth-order valence-corrected chi connectivity index (χ4v) is 2.25. The molecule has 0 radical (unpaired) electrons. The van der Waals surface area contributed by atoms with E-state index in [4.69, 9.17) is 0 Å². The molecule has 2 N–H and O–H groups in total. The van der Waals surface area contributed by atoms with E-state index in [1.54, 1.807) is 12.1 Å². The summed E-state index contributed by atoms with van der Waals surface area (Å²) in [6, 6.07) is 12.0. The summed E-state index contributed by atoms with van der Waals surface area (Å²) < 4.78 is 13.8. The van der Waals surface area contributed by atoms with E-state index in [1.165, 1.54) is 12.1 Å². The van der Waals surface area contributed by atoms with Crippen LogP contribution in [0.5, 0.6) is 5.75 Å². The SMILES string of the molecule is CC(NCc1ccc(O)c(Br)c1)c1cccc(F)c1. The van der Waals surface area contributed by atoms with E-state index < -0.39 is 0 Å². The van der Waals surface area contributed by atoms with E-state index in [9.17, 15) is 9.50 Å². The average Bonchev–Trinajstić information content (AvgIpc) is 2.40. The minimum atomic E-state index is -0.224. The van der Waals surface area contributed by atoms with Crippen molar-refractivity contribution in [2.24, 2.45) is 0 Å². The standard InChI is InChI=1S/C15H15BrFNO/c1-10(12-3-2-4-13(17)8-12)18-9-11-5-6-15(19)14(16)7-11/h2-8,10,18-19H,9H2,1H3. The lowest BCUT2D eigenvalue weighted by molar-refractivity contribution is 0.471. The van der Waals surface area contributed by atoms with E-state index in [2.05, 4.69) is 21.2 Å². The quantitative estimate of drug-likeness (QED) is 0.886. The maximum atomic E-state index is 13.1. The zero-order chi connectivity index (χ0) is 13.8. The average molecular weight is 324 g/mol. The zero-order valence-corrected chi connectivity index (χ0v) is 12.1. The molecule has 0 spiro atoms. The van der Waals surface area contributed by atoms with Gasteiger partial charge in [-0.05, 0) is 58.2 Å². The predicted octanol–water partition coefficient (Wildman–Crippen LogP) is 4.14. The summed E-state index contributed by atoms with van der Waals surface area (Å²) in [5, 5.41) is 12.7. The first-order valence-electron chi connectivity index (χ1n) is 6.02. The Kier molecular flexibility index (Phi) is 4.56. The Morgan fingerprint density at radius 2 is 2.05 bits per heavy atom. The maximum absolute atomic E-state index is 13.1. The van der Waals surface area contributed by atoms with E-state index in [0.29, 0.717) is 11.0 Å². The summed E-state index contributed by atoms with van der Waals surface area (Å²) in [5.74, 6) is 0.000423. The molecule has 0 bridgehead atoms. The molecule has 0 aliphatic carbocycles. The molecule has 2 aromatic carbocycles. The van der Waals surface area contributed by atoms with Crippen molar-refractivity contribution < 1.29 is 9.50 Å². The second kappa shape index (κ2) is 6.17. The number of hydrogen-bond acceptors (Lipinski definition) is 2. The summed E-state index contributed by atoms with van der Waals surface area (Å²) in [7, 11) is 0. The van der Waals surface area contributed by atoms with E-state index in [1.807, 2.05) is 25.1 Å². The lowest BCUT2D eigenvalue weighted by atomic mass is 10.1. The minimum absolute atomic E-state index is 0.0586. The van der Waals surface area contributed by atoms with Crippen molar-refractivity contribution >= 4 is 15.9 Å². The lowest BCUT2D eigenvalue weighted by Crippen LogP contribution is -2.18. The van der Waals surface area contributed by atoms with Crippen LogP contribution in [0.4, 0.5) is 4.39 Å². The van der Waals surface area contributed by atoms with Crippen molar-refractivity contribution in [1.29, 1.82) is 0 Å². The van der Waals surface area contributed by atoms with E-state index in [0.717, 1.165) is 11.1 Å². The highest BCUT2D eigenvalue weighted by molar-refractivity contribution is 9.10. The van der Waals surface area contributed by atoms with Crippen molar-refractivity contribution in [3.8, 4) is 5.75 Å². The van der Waals surface area contributed by atoms with Gasteiger partial charge in [0.25, 0.3) is 0 Å². The van der Waals surface area contributed by atoms with E-state index >= 15 is 0 Å². The van der Waals surface area contributed by atoms with Gasteiger partial charge in [-0.25, -0.2) is 4.39 Å². The molecule has 2 nitrogen and oxygen atoms in total. The molecule has 1 unspecified atom stereocenters. The second-order valence-corrected chi connectivity index (χ2v) is 5.30. The first kappa shape index (κ1) is 14.0. The number of rotatable bonds is 4. The van der Waals surface area contributed by atoms with Crippen molar-refractivity contribution in [2.45, 2.75) is 19.5 Å². The molecule has 0 heterocycles. The van der Waals surface area contributed by atoms with Crippen LogP contribution >= 0.6 is 15.9 Å². The monoisotopic (exact) mass is 323 g/mol. The first-order chi connectivity index (χ1) is 9.06. The van der Waals surface area contributed by atoms with Gasteiger partial charge in [-0.2, -0.15) is 0 Å².